The lowest BCUT2D eigenvalue weighted by molar-refractivity contribution is -0.121. The van der Waals surface area contributed by atoms with E-state index in [1.807, 2.05) is 25.1 Å². The lowest BCUT2D eigenvalue weighted by Gasteiger charge is -2.18. The Morgan fingerprint density at radius 2 is 2.13 bits per heavy atom. The van der Waals surface area contributed by atoms with E-state index in [4.69, 9.17) is 9.47 Å². The SMILES string of the molecule is COc1ccc(OC)c([C@@H](C)NC(=O)CCc2nc3sc4c(c3c(=O)[nH]2)CCC4)c1. The number of fused-ring (bicyclic) bond motifs is 3. The van der Waals surface area contributed by atoms with Gasteiger partial charge in [0.15, 0.2) is 0 Å². The highest BCUT2D eigenvalue weighted by Gasteiger charge is 2.21. The van der Waals surface area contributed by atoms with Crippen molar-refractivity contribution in [1.82, 2.24) is 15.3 Å². The Bertz CT molecular complexity index is 1150. The van der Waals surface area contributed by atoms with E-state index >= 15 is 0 Å². The zero-order chi connectivity index (χ0) is 21.3. The van der Waals surface area contributed by atoms with E-state index in [9.17, 15) is 9.59 Å². The minimum absolute atomic E-state index is 0.0932. The van der Waals surface area contributed by atoms with Gasteiger partial charge in [0.05, 0.1) is 25.6 Å². The first-order chi connectivity index (χ1) is 14.5. The number of thiophene rings is 1. The molecule has 2 heterocycles. The van der Waals surface area contributed by atoms with Crippen LogP contribution in [-0.4, -0.2) is 30.1 Å². The van der Waals surface area contributed by atoms with Crippen LogP contribution in [-0.2, 0) is 24.1 Å². The molecule has 4 rings (SSSR count). The molecule has 158 valence electrons. The van der Waals surface area contributed by atoms with Crippen LogP contribution in [0.15, 0.2) is 23.0 Å². The number of hydrogen-bond donors (Lipinski definition) is 2. The van der Waals surface area contributed by atoms with Gasteiger partial charge in [-0.05, 0) is 49.9 Å². The number of carbonyl (C=O) groups excluding carboxylic acids is 1. The first-order valence-electron chi connectivity index (χ1n) is 10.0. The van der Waals surface area contributed by atoms with Gasteiger partial charge in [0, 0.05) is 23.3 Å². The minimum Gasteiger partial charge on any atom is -0.497 e. The van der Waals surface area contributed by atoms with E-state index < -0.39 is 0 Å². The van der Waals surface area contributed by atoms with E-state index in [1.165, 1.54) is 4.88 Å². The highest BCUT2D eigenvalue weighted by molar-refractivity contribution is 7.18. The van der Waals surface area contributed by atoms with Crippen LogP contribution >= 0.6 is 11.3 Å². The molecule has 1 amide bonds. The molecule has 1 aliphatic rings. The minimum atomic E-state index is -0.252. The van der Waals surface area contributed by atoms with Crippen LogP contribution in [0, 0.1) is 0 Å². The molecule has 7 nitrogen and oxygen atoms in total. The number of rotatable bonds is 7. The molecule has 1 aromatic carbocycles. The fourth-order valence-corrected chi connectivity index (χ4v) is 5.25. The van der Waals surface area contributed by atoms with Gasteiger partial charge in [-0.3, -0.25) is 9.59 Å². The van der Waals surface area contributed by atoms with E-state index in [0.717, 1.165) is 40.6 Å². The summed E-state index contributed by atoms with van der Waals surface area (Å²) in [4.78, 5) is 34.6. The lowest BCUT2D eigenvalue weighted by atomic mass is 10.1. The third-order valence-electron chi connectivity index (χ3n) is 5.49. The molecule has 0 radical (unpaired) electrons. The number of nitrogens with zero attached hydrogens (tertiary/aromatic N) is 1. The lowest BCUT2D eigenvalue weighted by Crippen LogP contribution is -2.27. The normalized spacial score (nSPS) is 13.8. The van der Waals surface area contributed by atoms with E-state index in [0.29, 0.717) is 23.7 Å². The molecule has 0 aliphatic heterocycles. The molecule has 1 atom stereocenters. The van der Waals surface area contributed by atoms with Crippen molar-refractivity contribution in [2.75, 3.05) is 14.2 Å². The monoisotopic (exact) mass is 427 g/mol. The molecule has 8 heteroatoms. The zero-order valence-electron chi connectivity index (χ0n) is 17.3. The average molecular weight is 428 g/mol. The van der Waals surface area contributed by atoms with Crippen LogP contribution in [0.2, 0.25) is 0 Å². The molecule has 0 unspecified atom stereocenters. The van der Waals surface area contributed by atoms with Crippen LogP contribution in [0.1, 0.15) is 47.6 Å². The van der Waals surface area contributed by atoms with Crippen molar-refractivity contribution < 1.29 is 14.3 Å². The van der Waals surface area contributed by atoms with Crippen molar-refractivity contribution in [3.05, 3.63) is 50.4 Å². The summed E-state index contributed by atoms with van der Waals surface area (Å²) in [6.07, 6.45) is 3.69. The highest BCUT2D eigenvalue weighted by Crippen LogP contribution is 2.34. The third-order valence-corrected chi connectivity index (χ3v) is 6.68. The van der Waals surface area contributed by atoms with Gasteiger partial charge in [-0.25, -0.2) is 4.98 Å². The molecule has 1 aliphatic carbocycles. The molecule has 3 aromatic rings. The third kappa shape index (κ3) is 3.92. The summed E-state index contributed by atoms with van der Waals surface area (Å²) < 4.78 is 10.7. The second-order valence-corrected chi connectivity index (χ2v) is 8.53. The van der Waals surface area contributed by atoms with Gasteiger partial charge in [0.2, 0.25) is 5.91 Å². The van der Waals surface area contributed by atoms with Gasteiger partial charge >= 0.3 is 0 Å². The molecule has 0 saturated heterocycles. The molecule has 0 fully saturated rings. The van der Waals surface area contributed by atoms with Crippen molar-refractivity contribution in [3.63, 3.8) is 0 Å². The fraction of sp³-hybridized carbons (Fsp3) is 0.409. The smallest absolute Gasteiger partial charge is 0.259 e. The number of benzene rings is 1. The number of carbonyl (C=O) groups is 1. The van der Waals surface area contributed by atoms with Crippen LogP contribution in [0.5, 0.6) is 11.5 Å². The highest BCUT2D eigenvalue weighted by atomic mass is 32.1. The van der Waals surface area contributed by atoms with E-state index in [-0.39, 0.29) is 23.9 Å². The Labute approximate surface area is 178 Å². The molecule has 2 N–H and O–H groups in total. The van der Waals surface area contributed by atoms with E-state index in [2.05, 4.69) is 15.3 Å². The molecule has 30 heavy (non-hydrogen) atoms. The summed E-state index contributed by atoms with van der Waals surface area (Å²) in [7, 11) is 3.19. The number of methoxy groups -OCH3 is 2. The first-order valence-corrected chi connectivity index (χ1v) is 10.9. The molecule has 0 bridgehead atoms. The zero-order valence-corrected chi connectivity index (χ0v) is 18.1. The molecule has 0 saturated carbocycles. The van der Waals surface area contributed by atoms with Crippen LogP contribution < -0.4 is 20.3 Å². The topological polar surface area (TPSA) is 93.3 Å². The number of H-pyrrole nitrogens is 1. The maximum absolute atomic E-state index is 12.5. The Morgan fingerprint density at radius 1 is 1.30 bits per heavy atom. The number of aromatic amines is 1. The predicted octanol–water partition coefficient (Wildman–Crippen LogP) is 3.30. The second kappa shape index (κ2) is 8.47. The largest absolute Gasteiger partial charge is 0.497 e. The van der Waals surface area contributed by atoms with E-state index in [1.54, 1.807) is 25.6 Å². The summed E-state index contributed by atoms with van der Waals surface area (Å²) in [6.45, 7) is 1.90. The summed E-state index contributed by atoms with van der Waals surface area (Å²) in [5.41, 5.74) is 1.91. The summed E-state index contributed by atoms with van der Waals surface area (Å²) in [5, 5.41) is 3.72. The maximum atomic E-state index is 12.5. The Hall–Kier alpha value is -2.87. The van der Waals surface area contributed by atoms with Gasteiger partial charge in [-0.1, -0.05) is 0 Å². The maximum Gasteiger partial charge on any atom is 0.259 e. The molecular weight excluding hydrogens is 402 g/mol. The number of aromatic nitrogens is 2. The molecular formula is C22H25N3O4S. The number of hydrogen-bond acceptors (Lipinski definition) is 6. The predicted molar refractivity (Wildman–Crippen MR) is 117 cm³/mol. The van der Waals surface area contributed by atoms with Crippen molar-refractivity contribution in [2.45, 2.75) is 45.1 Å². The fourth-order valence-electron chi connectivity index (χ4n) is 3.97. The number of ether oxygens (including phenoxy) is 2. The van der Waals surface area contributed by atoms with Gasteiger partial charge in [0.25, 0.3) is 5.56 Å². The van der Waals surface area contributed by atoms with Crippen LogP contribution in [0.4, 0.5) is 0 Å². The van der Waals surface area contributed by atoms with Crippen molar-refractivity contribution in [2.24, 2.45) is 0 Å². The summed E-state index contributed by atoms with van der Waals surface area (Å²) in [5.74, 6) is 1.81. The Balaban J connectivity index is 1.43. The first kappa shape index (κ1) is 20.4. The van der Waals surface area contributed by atoms with Gasteiger partial charge in [-0.2, -0.15) is 0 Å². The standard InChI is InChI=1S/C22H25N3O4S/c1-12(15-11-13(28-2)7-8-16(15)29-3)23-19(26)10-9-18-24-21(27)20-14-5-4-6-17(14)30-22(20)25-18/h7-8,11-12H,4-6,9-10H2,1-3H3,(H,23,26)(H,24,25,27)/t12-/m1/s1. The molecule has 0 spiro atoms. The van der Waals surface area contributed by atoms with Crippen LogP contribution in [0.25, 0.3) is 10.2 Å². The molecule has 2 aromatic heterocycles. The van der Waals surface area contributed by atoms with Crippen molar-refractivity contribution in [3.8, 4) is 11.5 Å². The van der Waals surface area contributed by atoms with Gasteiger partial charge in [0.1, 0.15) is 22.2 Å². The quantitative estimate of drug-likeness (QED) is 0.603. The number of aryl methyl sites for hydroxylation is 3. The van der Waals surface area contributed by atoms with Crippen LogP contribution in [0.3, 0.4) is 0 Å². The summed E-state index contributed by atoms with van der Waals surface area (Å²) in [6, 6.07) is 5.23. The van der Waals surface area contributed by atoms with Gasteiger partial charge in [-0.15, -0.1) is 11.3 Å². The number of nitrogens with one attached hydrogen (secondary N) is 2. The Morgan fingerprint density at radius 3 is 2.90 bits per heavy atom. The summed E-state index contributed by atoms with van der Waals surface area (Å²) >= 11 is 1.61. The number of amides is 1. The van der Waals surface area contributed by atoms with Crippen molar-refractivity contribution >= 4 is 27.5 Å². The Kier molecular flexibility index (Phi) is 5.76. The average Bonchev–Trinajstić information content (AvgIpc) is 3.32. The second-order valence-electron chi connectivity index (χ2n) is 7.45. The van der Waals surface area contributed by atoms with Crippen molar-refractivity contribution in [1.29, 1.82) is 0 Å². The van der Waals surface area contributed by atoms with Gasteiger partial charge < -0.3 is 19.8 Å².